The van der Waals surface area contributed by atoms with E-state index in [1.807, 2.05) is 0 Å². The average Bonchev–Trinajstić information content (AvgIpc) is 2.17. The van der Waals surface area contributed by atoms with Gasteiger partial charge in [0.2, 0.25) is 0 Å². The van der Waals surface area contributed by atoms with Gasteiger partial charge in [-0.3, -0.25) is 5.01 Å². The highest BCUT2D eigenvalue weighted by Gasteiger charge is 2.11. The van der Waals surface area contributed by atoms with Crippen LogP contribution in [0.4, 0.5) is 10.2 Å². The zero-order chi connectivity index (χ0) is 11.4. The molecule has 80 valence electrons. The lowest BCUT2D eigenvalue weighted by Gasteiger charge is -2.12. The third-order valence-corrected chi connectivity index (χ3v) is 1.56. The quantitative estimate of drug-likeness (QED) is 0.482. The predicted octanol–water partition coefficient (Wildman–Crippen LogP) is 0.0289. The monoisotopic (exact) mass is 212 g/mol. The van der Waals surface area contributed by atoms with Gasteiger partial charge in [0.15, 0.2) is 11.6 Å². The fourth-order valence-corrected chi connectivity index (χ4v) is 0.901. The average molecular weight is 212 g/mol. The molecule has 0 aliphatic heterocycles. The van der Waals surface area contributed by atoms with E-state index in [1.165, 1.54) is 6.20 Å². The summed E-state index contributed by atoms with van der Waals surface area (Å²) in [7, 11) is 0. The van der Waals surface area contributed by atoms with Crippen molar-refractivity contribution < 1.29 is 14.3 Å². The van der Waals surface area contributed by atoms with Crippen LogP contribution in [-0.2, 0) is 0 Å². The van der Waals surface area contributed by atoms with E-state index in [4.69, 9.17) is 16.7 Å². The Hall–Kier alpha value is -2.15. The Bertz CT molecular complexity index is 408. The topological polar surface area (TPSA) is 105 Å². The van der Waals surface area contributed by atoms with Crippen molar-refractivity contribution in [2.75, 3.05) is 5.01 Å². The van der Waals surface area contributed by atoms with Gasteiger partial charge in [-0.15, -0.1) is 0 Å². The molecule has 0 aliphatic carbocycles. The molecule has 0 saturated heterocycles. The second kappa shape index (κ2) is 4.38. The maximum absolute atomic E-state index is 13.3. The first-order valence-corrected chi connectivity index (χ1v) is 3.87. The molecule has 0 radical (unpaired) electrons. The SMILES string of the molecule is N/C=C\N(N)c1ncc(C(=O)O)cc1F. The number of aromatic nitrogens is 1. The highest BCUT2D eigenvalue weighted by Crippen LogP contribution is 2.14. The van der Waals surface area contributed by atoms with E-state index < -0.39 is 11.8 Å². The molecule has 1 rings (SSSR count). The molecule has 0 amide bonds. The minimum atomic E-state index is -1.26. The van der Waals surface area contributed by atoms with E-state index in [2.05, 4.69) is 4.98 Å². The van der Waals surface area contributed by atoms with Gasteiger partial charge >= 0.3 is 5.97 Å². The standard InChI is InChI=1S/C8H9FN4O2/c9-6-3-5(8(14)15)4-12-7(6)13(11)2-1-10/h1-4H,10-11H2,(H,14,15)/b2-1-. The van der Waals surface area contributed by atoms with Gasteiger partial charge in [0, 0.05) is 18.6 Å². The summed E-state index contributed by atoms with van der Waals surface area (Å²) >= 11 is 0. The fraction of sp³-hybridized carbons (Fsp3) is 0. The summed E-state index contributed by atoms with van der Waals surface area (Å²) in [5.41, 5.74) is 4.80. The van der Waals surface area contributed by atoms with E-state index >= 15 is 0 Å². The lowest BCUT2D eigenvalue weighted by molar-refractivity contribution is 0.0696. The Kier molecular flexibility index (Phi) is 3.19. The fourth-order valence-electron chi connectivity index (χ4n) is 0.901. The van der Waals surface area contributed by atoms with Crippen molar-refractivity contribution in [1.82, 2.24) is 4.98 Å². The zero-order valence-corrected chi connectivity index (χ0v) is 7.59. The molecule has 5 N–H and O–H groups in total. The molecule has 0 spiro atoms. The van der Waals surface area contributed by atoms with Crippen LogP contribution in [0.3, 0.4) is 0 Å². The molecule has 0 atom stereocenters. The van der Waals surface area contributed by atoms with Crippen LogP contribution >= 0.6 is 0 Å². The predicted molar refractivity (Wildman–Crippen MR) is 51.1 cm³/mol. The number of hydrogen-bond donors (Lipinski definition) is 3. The van der Waals surface area contributed by atoms with Crippen LogP contribution in [0.25, 0.3) is 0 Å². The molecule has 1 heterocycles. The highest BCUT2D eigenvalue weighted by molar-refractivity contribution is 5.87. The van der Waals surface area contributed by atoms with Crippen LogP contribution in [0.2, 0.25) is 0 Å². The Morgan fingerprint density at radius 2 is 2.33 bits per heavy atom. The first-order valence-electron chi connectivity index (χ1n) is 3.87. The van der Waals surface area contributed by atoms with Gasteiger partial charge in [0.1, 0.15) is 0 Å². The Morgan fingerprint density at radius 1 is 1.67 bits per heavy atom. The lowest BCUT2D eigenvalue weighted by Crippen LogP contribution is -2.26. The molecule has 0 unspecified atom stereocenters. The van der Waals surface area contributed by atoms with Crippen LogP contribution in [0.5, 0.6) is 0 Å². The number of hydrogen-bond acceptors (Lipinski definition) is 5. The summed E-state index contributed by atoms with van der Waals surface area (Å²) in [6.45, 7) is 0. The minimum absolute atomic E-state index is 0.207. The smallest absolute Gasteiger partial charge is 0.337 e. The van der Waals surface area contributed by atoms with Crippen molar-refractivity contribution in [2.45, 2.75) is 0 Å². The van der Waals surface area contributed by atoms with E-state index in [0.717, 1.165) is 23.5 Å². The van der Waals surface area contributed by atoms with Crippen LogP contribution < -0.4 is 16.6 Å². The third-order valence-electron chi connectivity index (χ3n) is 1.56. The van der Waals surface area contributed by atoms with Gasteiger partial charge in [0.05, 0.1) is 5.56 Å². The van der Waals surface area contributed by atoms with Gasteiger partial charge in [-0.2, -0.15) is 0 Å². The molecule has 0 aliphatic rings. The largest absolute Gasteiger partial charge is 0.478 e. The molecular formula is C8H9FN4O2. The lowest BCUT2D eigenvalue weighted by atomic mass is 10.3. The number of carbonyl (C=O) groups is 1. The summed E-state index contributed by atoms with van der Waals surface area (Å²) in [5.74, 6) is 3.05. The van der Waals surface area contributed by atoms with Gasteiger partial charge in [0.25, 0.3) is 0 Å². The second-order valence-corrected chi connectivity index (χ2v) is 2.58. The molecule has 1 aromatic rings. The van der Waals surface area contributed by atoms with E-state index in [1.54, 1.807) is 0 Å². The van der Waals surface area contributed by atoms with Crippen LogP contribution in [0, 0.1) is 5.82 Å². The van der Waals surface area contributed by atoms with Crippen molar-refractivity contribution in [3.8, 4) is 0 Å². The molecule has 6 nitrogen and oxygen atoms in total. The number of halogens is 1. The molecular weight excluding hydrogens is 203 g/mol. The number of carboxylic acids is 1. The molecule has 7 heteroatoms. The summed E-state index contributed by atoms with van der Waals surface area (Å²) in [4.78, 5) is 14.0. The minimum Gasteiger partial charge on any atom is -0.478 e. The maximum Gasteiger partial charge on any atom is 0.337 e. The summed E-state index contributed by atoms with van der Waals surface area (Å²) < 4.78 is 13.3. The number of anilines is 1. The van der Waals surface area contributed by atoms with Crippen molar-refractivity contribution in [3.05, 3.63) is 36.0 Å². The van der Waals surface area contributed by atoms with Crippen molar-refractivity contribution in [1.29, 1.82) is 0 Å². The number of aromatic carboxylic acids is 1. The van der Waals surface area contributed by atoms with E-state index in [-0.39, 0.29) is 11.4 Å². The third kappa shape index (κ3) is 2.41. The Balaban J connectivity index is 3.08. The molecule has 0 fully saturated rings. The Morgan fingerprint density at radius 3 is 2.80 bits per heavy atom. The van der Waals surface area contributed by atoms with E-state index in [9.17, 15) is 9.18 Å². The first-order chi connectivity index (χ1) is 7.06. The molecule has 1 aromatic heterocycles. The number of nitrogens with two attached hydrogens (primary N) is 2. The summed E-state index contributed by atoms with van der Waals surface area (Å²) in [6.07, 6.45) is 3.29. The molecule has 0 bridgehead atoms. The Labute approximate surface area is 84.6 Å². The second-order valence-electron chi connectivity index (χ2n) is 2.58. The number of nitrogens with zero attached hydrogens (tertiary/aromatic N) is 2. The molecule has 0 aromatic carbocycles. The number of rotatable bonds is 3. The number of hydrazine groups is 1. The van der Waals surface area contributed by atoms with Gasteiger partial charge in [-0.1, -0.05) is 0 Å². The molecule has 15 heavy (non-hydrogen) atoms. The van der Waals surface area contributed by atoms with Crippen LogP contribution in [0.1, 0.15) is 10.4 Å². The van der Waals surface area contributed by atoms with Crippen LogP contribution in [-0.4, -0.2) is 16.1 Å². The van der Waals surface area contributed by atoms with Crippen LogP contribution in [0.15, 0.2) is 24.7 Å². The zero-order valence-electron chi connectivity index (χ0n) is 7.59. The molecule has 0 saturated carbocycles. The van der Waals surface area contributed by atoms with Crippen molar-refractivity contribution in [3.63, 3.8) is 0 Å². The van der Waals surface area contributed by atoms with Gasteiger partial charge < -0.3 is 10.8 Å². The summed E-state index contributed by atoms with van der Waals surface area (Å²) in [6, 6.07) is 0.828. The van der Waals surface area contributed by atoms with Gasteiger partial charge in [-0.05, 0) is 6.07 Å². The number of carboxylic acid groups (broad SMARTS) is 1. The number of pyridine rings is 1. The first kappa shape index (κ1) is 10.9. The highest BCUT2D eigenvalue weighted by atomic mass is 19.1. The normalized spacial score (nSPS) is 10.5. The van der Waals surface area contributed by atoms with Gasteiger partial charge in [-0.25, -0.2) is 20.0 Å². The van der Waals surface area contributed by atoms with E-state index in [0.29, 0.717) is 0 Å². The maximum atomic E-state index is 13.3. The van der Waals surface area contributed by atoms with Crippen molar-refractivity contribution >= 4 is 11.8 Å². The summed E-state index contributed by atoms with van der Waals surface area (Å²) in [5, 5.41) is 9.40. The van der Waals surface area contributed by atoms with Crippen molar-refractivity contribution in [2.24, 2.45) is 11.6 Å².